The van der Waals surface area contributed by atoms with Gasteiger partial charge in [-0.25, -0.2) is 9.97 Å². The van der Waals surface area contributed by atoms with Gasteiger partial charge in [0, 0.05) is 12.2 Å². The first kappa shape index (κ1) is 19.5. The van der Waals surface area contributed by atoms with Crippen molar-refractivity contribution >= 4 is 17.4 Å². The van der Waals surface area contributed by atoms with E-state index >= 15 is 0 Å². The fourth-order valence-corrected chi connectivity index (χ4v) is 2.97. The van der Waals surface area contributed by atoms with E-state index in [1.165, 1.54) is 11.8 Å². The number of para-hydroxylation sites is 1. The number of hydrogen-bond donors (Lipinski definition) is 2. The molecule has 1 amide bonds. The van der Waals surface area contributed by atoms with Crippen molar-refractivity contribution in [1.29, 1.82) is 0 Å². The van der Waals surface area contributed by atoms with Crippen molar-refractivity contribution in [2.75, 3.05) is 5.32 Å². The molecule has 0 fully saturated rings. The summed E-state index contributed by atoms with van der Waals surface area (Å²) in [6.45, 7) is 8.99. The molecule has 1 aromatic heterocycles. The molecule has 0 aliphatic rings. The molecule has 5 heteroatoms. The molecule has 1 heterocycles. The maximum atomic E-state index is 12.4. The molecule has 0 aliphatic heterocycles. The Morgan fingerprint density at radius 3 is 2.36 bits per heavy atom. The standard InChI is InChI=1S/C23H26N4O/c1-16-9-5-6-10-17(16)13-26-22(28)20-14-25-21(15-24-20)27-19-12-8-7-11-18(19)23(2,3)4/h5-12,14-15H,13H2,1-4H3,(H,25,27)(H,26,28). The van der Waals surface area contributed by atoms with Gasteiger partial charge in [-0.3, -0.25) is 4.79 Å². The predicted molar refractivity (Wildman–Crippen MR) is 113 cm³/mol. The number of rotatable bonds is 5. The van der Waals surface area contributed by atoms with Crippen LogP contribution in [0.2, 0.25) is 0 Å². The van der Waals surface area contributed by atoms with Crippen LogP contribution in [0.15, 0.2) is 60.9 Å². The summed E-state index contributed by atoms with van der Waals surface area (Å²) in [6.07, 6.45) is 3.08. The molecule has 0 spiro atoms. The molecule has 0 unspecified atom stereocenters. The van der Waals surface area contributed by atoms with E-state index < -0.39 is 0 Å². The van der Waals surface area contributed by atoms with E-state index in [0.29, 0.717) is 18.1 Å². The molecule has 3 aromatic rings. The summed E-state index contributed by atoms with van der Waals surface area (Å²) in [5, 5.41) is 6.20. The van der Waals surface area contributed by atoms with Gasteiger partial charge in [-0.05, 0) is 35.1 Å². The summed E-state index contributed by atoms with van der Waals surface area (Å²) in [4.78, 5) is 21.0. The number of nitrogens with one attached hydrogen (secondary N) is 2. The largest absolute Gasteiger partial charge is 0.347 e. The van der Waals surface area contributed by atoms with Gasteiger partial charge in [-0.1, -0.05) is 63.2 Å². The van der Waals surface area contributed by atoms with E-state index in [1.54, 1.807) is 6.20 Å². The van der Waals surface area contributed by atoms with E-state index in [2.05, 4.69) is 47.4 Å². The first-order valence-corrected chi connectivity index (χ1v) is 9.36. The lowest BCUT2D eigenvalue weighted by Crippen LogP contribution is -2.24. The summed E-state index contributed by atoms with van der Waals surface area (Å²) in [7, 11) is 0. The minimum absolute atomic E-state index is 0.00637. The minimum Gasteiger partial charge on any atom is -0.347 e. The molecule has 0 saturated heterocycles. The lowest BCUT2D eigenvalue weighted by molar-refractivity contribution is 0.0945. The maximum Gasteiger partial charge on any atom is 0.271 e. The third-order valence-electron chi connectivity index (χ3n) is 4.58. The van der Waals surface area contributed by atoms with Crippen LogP contribution in [0.25, 0.3) is 0 Å². The van der Waals surface area contributed by atoms with Gasteiger partial charge in [-0.15, -0.1) is 0 Å². The smallest absolute Gasteiger partial charge is 0.271 e. The zero-order chi connectivity index (χ0) is 20.1. The average Bonchev–Trinajstić information content (AvgIpc) is 2.67. The second-order valence-corrected chi connectivity index (χ2v) is 7.82. The van der Waals surface area contributed by atoms with Gasteiger partial charge < -0.3 is 10.6 Å². The first-order valence-electron chi connectivity index (χ1n) is 9.36. The van der Waals surface area contributed by atoms with Crippen LogP contribution in [0.4, 0.5) is 11.5 Å². The number of nitrogens with zero attached hydrogens (tertiary/aromatic N) is 2. The van der Waals surface area contributed by atoms with E-state index in [-0.39, 0.29) is 11.3 Å². The van der Waals surface area contributed by atoms with Gasteiger partial charge in [0.05, 0.1) is 12.4 Å². The molecule has 2 N–H and O–H groups in total. The number of aromatic nitrogens is 2. The van der Waals surface area contributed by atoms with Crippen LogP contribution in [0.1, 0.15) is 48.0 Å². The summed E-state index contributed by atoms with van der Waals surface area (Å²) in [5.41, 5.74) is 4.71. The van der Waals surface area contributed by atoms with Crippen LogP contribution >= 0.6 is 0 Å². The molecule has 0 atom stereocenters. The van der Waals surface area contributed by atoms with Crippen molar-refractivity contribution in [2.45, 2.75) is 39.7 Å². The van der Waals surface area contributed by atoms with Gasteiger partial charge in [0.1, 0.15) is 11.5 Å². The SMILES string of the molecule is Cc1ccccc1CNC(=O)c1cnc(Nc2ccccc2C(C)(C)C)cn1. The second kappa shape index (κ2) is 8.21. The highest BCUT2D eigenvalue weighted by molar-refractivity contribution is 5.92. The zero-order valence-corrected chi connectivity index (χ0v) is 16.8. The number of carbonyl (C=O) groups excluding carboxylic acids is 1. The maximum absolute atomic E-state index is 12.4. The average molecular weight is 374 g/mol. The number of anilines is 2. The predicted octanol–water partition coefficient (Wildman–Crippen LogP) is 4.76. The van der Waals surface area contributed by atoms with E-state index in [1.807, 2.05) is 49.4 Å². The van der Waals surface area contributed by atoms with Crippen molar-refractivity contribution < 1.29 is 4.79 Å². The summed E-state index contributed by atoms with van der Waals surface area (Å²) >= 11 is 0. The Kier molecular flexibility index (Phi) is 5.73. The molecule has 2 aromatic carbocycles. The molecule has 3 rings (SSSR count). The van der Waals surface area contributed by atoms with Crippen LogP contribution in [0, 0.1) is 6.92 Å². The lowest BCUT2D eigenvalue weighted by atomic mass is 9.86. The Balaban J connectivity index is 1.67. The molecule has 0 saturated carbocycles. The topological polar surface area (TPSA) is 66.9 Å². The van der Waals surface area contributed by atoms with Crippen molar-refractivity contribution in [3.8, 4) is 0 Å². The fourth-order valence-electron chi connectivity index (χ4n) is 2.97. The van der Waals surface area contributed by atoms with Gasteiger partial charge >= 0.3 is 0 Å². The number of aryl methyl sites for hydroxylation is 1. The second-order valence-electron chi connectivity index (χ2n) is 7.82. The van der Waals surface area contributed by atoms with Crippen LogP contribution in [-0.4, -0.2) is 15.9 Å². The van der Waals surface area contributed by atoms with Crippen LogP contribution in [0.3, 0.4) is 0 Å². The molecule has 144 valence electrons. The summed E-state index contributed by atoms with van der Waals surface area (Å²) < 4.78 is 0. The van der Waals surface area contributed by atoms with Crippen LogP contribution in [0.5, 0.6) is 0 Å². The van der Waals surface area contributed by atoms with Crippen molar-refractivity contribution in [3.05, 3.63) is 83.3 Å². The Labute approximate surface area is 166 Å². The first-order chi connectivity index (χ1) is 13.3. The normalized spacial score (nSPS) is 11.1. The zero-order valence-electron chi connectivity index (χ0n) is 16.8. The highest BCUT2D eigenvalue weighted by Crippen LogP contribution is 2.30. The number of carbonyl (C=O) groups is 1. The minimum atomic E-state index is -0.239. The third kappa shape index (κ3) is 4.74. The number of hydrogen-bond acceptors (Lipinski definition) is 4. The summed E-state index contributed by atoms with van der Waals surface area (Å²) in [6, 6.07) is 16.1. The van der Waals surface area contributed by atoms with E-state index in [9.17, 15) is 4.79 Å². The third-order valence-corrected chi connectivity index (χ3v) is 4.58. The van der Waals surface area contributed by atoms with Gasteiger partial charge in [0.2, 0.25) is 0 Å². The molecule has 0 radical (unpaired) electrons. The highest BCUT2D eigenvalue weighted by atomic mass is 16.1. The Morgan fingerprint density at radius 2 is 1.68 bits per heavy atom. The van der Waals surface area contributed by atoms with Crippen LogP contribution in [-0.2, 0) is 12.0 Å². The highest BCUT2D eigenvalue weighted by Gasteiger charge is 2.18. The number of benzene rings is 2. The van der Waals surface area contributed by atoms with E-state index in [0.717, 1.165) is 16.8 Å². The monoisotopic (exact) mass is 374 g/mol. The summed E-state index contributed by atoms with van der Waals surface area (Å²) in [5.74, 6) is 0.365. The van der Waals surface area contributed by atoms with Crippen molar-refractivity contribution in [2.24, 2.45) is 0 Å². The van der Waals surface area contributed by atoms with Gasteiger partial charge in [0.15, 0.2) is 0 Å². The van der Waals surface area contributed by atoms with Crippen molar-refractivity contribution in [1.82, 2.24) is 15.3 Å². The Bertz CT molecular complexity index is 959. The van der Waals surface area contributed by atoms with Crippen LogP contribution < -0.4 is 10.6 Å². The fraction of sp³-hybridized carbons (Fsp3) is 0.261. The Hall–Kier alpha value is -3.21. The van der Waals surface area contributed by atoms with Gasteiger partial charge in [-0.2, -0.15) is 0 Å². The number of amides is 1. The molecular weight excluding hydrogens is 348 g/mol. The molecular formula is C23H26N4O. The lowest BCUT2D eigenvalue weighted by Gasteiger charge is -2.23. The molecule has 0 aliphatic carbocycles. The molecule has 0 bridgehead atoms. The molecule has 5 nitrogen and oxygen atoms in total. The van der Waals surface area contributed by atoms with Gasteiger partial charge in [0.25, 0.3) is 5.91 Å². The van der Waals surface area contributed by atoms with E-state index in [4.69, 9.17) is 0 Å². The molecule has 28 heavy (non-hydrogen) atoms. The quantitative estimate of drug-likeness (QED) is 0.676. The Morgan fingerprint density at radius 1 is 0.964 bits per heavy atom. The van der Waals surface area contributed by atoms with Crippen molar-refractivity contribution in [3.63, 3.8) is 0 Å².